The van der Waals surface area contributed by atoms with Crippen molar-refractivity contribution in [1.29, 1.82) is 0 Å². The first-order chi connectivity index (χ1) is 10.5. The summed E-state index contributed by atoms with van der Waals surface area (Å²) in [4.78, 5) is 36.6. The predicted molar refractivity (Wildman–Crippen MR) is 83.2 cm³/mol. The second-order valence-corrected chi connectivity index (χ2v) is 5.43. The van der Waals surface area contributed by atoms with Gasteiger partial charge < -0.3 is 15.5 Å². The maximum absolute atomic E-state index is 11.7. The van der Waals surface area contributed by atoms with E-state index in [2.05, 4.69) is 10.6 Å². The standard InChI is InChI=1S/C16H21N3O3/c1-12-4-6-13(7-5-12)18-15(21)11-14(20)17-8-10-19-9-2-3-16(19)22/h4-7H,2-3,8-11H2,1H3,(H,17,20)(H,18,21). The molecule has 118 valence electrons. The largest absolute Gasteiger partial charge is 0.354 e. The molecular weight excluding hydrogens is 282 g/mol. The molecule has 0 saturated carbocycles. The van der Waals surface area contributed by atoms with Crippen LogP contribution in [-0.2, 0) is 14.4 Å². The summed E-state index contributed by atoms with van der Waals surface area (Å²) in [6.45, 7) is 3.60. The number of carbonyl (C=O) groups excluding carboxylic acids is 3. The van der Waals surface area contributed by atoms with Crippen LogP contribution in [0.1, 0.15) is 24.8 Å². The minimum absolute atomic E-state index is 0.131. The normalized spacial score (nSPS) is 14.0. The second-order valence-electron chi connectivity index (χ2n) is 5.43. The molecule has 6 heteroatoms. The van der Waals surface area contributed by atoms with Crippen LogP contribution >= 0.6 is 0 Å². The van der Waals surface area contributed by atoms with Crippen molar-refractivity contribution < 1.29 is 14.4 Å². The van der Waals surface area contributed by atoms with Crippen molar-refractivity contribution in [1.82, 2.24) is 10.2 Å². The minimum atomic E-state index is -0.349. The lowest BCUT2D eigenvalue weighted by Gasteiger charge is -2.15. The van der Waals surface area contributed by atoms with Gasteiger partial charge in [-0.15, -0.1) is 0 Å². The SMILES string of the molecule is Cc1ccc(NC(=O)CC(=O)NCCN2CCCC2=O)cc1. The van der Waals surface area contributed by atoms with Gasteiger partial charge in [0.25, 0.3) is 0 Å². The number of rotatable bonds is 6. The van der Waals surface area contributed by atoms with Crippen molar-refractivity contribution in [2.24, 2.45) is 0 Å². The Bertz CT molecular complexity index is 554. The zero-order chi connectivity index (χ0) is 15.9. The van der Waals surface area contributed by atoms with E-state index in [0.717, 1.165) is 18.5 Å². The highest BCUT2D eigenvalue weighted by molar-refractivity contribution is 6.03. The van der Waals surface area contributed by atoms with Crippen LogP contribution < -0.4 is 10.6 Å². The number of aryl methyl sites for hydroxylation is 1. The summed E-state index contributed by atoms with van der Waals surface area (Å²) < 4.78 is 0. The van der Waals surface area contributed by atoms with Gasteiger partial charge in [-0.25, -0.2) is 0 Å². The molecule has 0 aromatic heterocycles. The van der Waals surface area contributed by atoms with E-state index in [1.807, 2.05) is 19.1 Å². The van der Waals surface area contributed by atoms with Gasteiger partial charge in [0.15, 0.2) is 0 Å². The minimum Gasteiger partial charge on any atom is -0.354 e. The van der Waals surface area contributed by atoms with Gasteiger partial charge in [0.05, 0.1) is 0 Å². The first-order valence-corrected chi connectivity index (χ1v) is 7.45. The number of nitrogens with one attached hydrogen (secondary N) is 2. The highest BCUT2D eigenvalue weighted by atomic mass is 16.2. The van der Waals surface area contributed by atoms with Gasteiger partial charge in [0.2, 0.25) is 17.7 Å². The van der Waals surface area contributed by atoms with E-state index in [9.17, 15) is 14.4 Å². The van der Waals surface area contributed by atoms with Crippen LogP contribution in [0.3, 0.4) is 0 Å². The predicted octanol–water partition coefficient (Wildman–Crippen LogP) is 1.06. The first-order valence-electron chi connectivity index (χ1n) is 7.45. The molecule has 1 aliphatic rings. The van der Waals surface area contributed by atoms with Crippen LogP contribution in [0.25, 0.3) is 0 Å². The molecule has 1 aromatic carbocycles. The zero-order valence-electron chi connectivity index (χ0n) is 12.7. The first kappa shape index (κ1) is 16.0. The van der Waals surface area contributed by atoms with Crippen molar-refractivity contribution in [2.75, 3.05) is 25.0 Å². The van der Waals surface area contributed by atoms with E-state index < -0.39 is 0 Å². The Morgan fingerprint density at radius 3 is 2.55 bits per heavy atom. The molecule has 1 aliphatic heterocycles. The molecule has 2 N–H and O–H groups in total. The molecule has 22 heavy (non-hydrogen) atoms. The van der Waals surface area contributed by atoms with E-state index in [1.54, 1.807) is 17.0 Å². The Morgan fingerprint density at radius 2 is 1.91 bits per heavy atom. The zero-order valence-corrected chi connectivity index (χ0v) is 12.7. The average molecular weight is 303 g/mol. The van der Waals surface area contributed by atoms with E-state index in [0.29, 0.717) is 25.2 Å². The third-order valence-electron chi connectivity index (χ3n) is 3.53. The summed E-state index contributed by atoms with van der Waals surface area (Å²) in [5, 5.41) is 5.34. The summed E-state index contributed by atoms with van der Waals surface area (Å²) >= 11 is 0. The summed E-state index contributed by atoms with van der Waals surface area (Å²) in [5.74, 6) is -0.554. The summed E-state index contributed by atoms with van der Waals surface area (Å²) in [7, 11) is 0. The Hall–Kier alpha value is -2.37. The number of amides is 3. The quantitative estimate of drug-likeness (QED) is 0.771. The number of carbonyl (C=O) groups is 3. The van der Waals surface area contributed by atoms with Gasteiger partial charge in [0.1, 0.15) is 6.42 Å². The Labute approximate surface area is 129 Å². The lowest BCUT2D eigenvalue weighted by Crippen LogP contribution is -2.36. The number of anilines is 1. The molecule has 1 heterocycles. The molecule has 1 saturated heterocycles. The lowest BCUT2D eigenvalue weighted by atomic mass is 10.2. The van der Waals surface area contributed by atoms with Crippen molar-refractivity contribution in [3.8, 4) is 0 Å². The van der Waals surface area contributed by atoms with Gasteiger partial charge in [-0.2, -0.15) is 0 Å². The summed E-state index contributed by atoms with van der Waals surface area (Å²) in [6.07, 6.45) is 1.25. The van der Waals surface area contributed by atoms with Crippen molar-refractivity contribution in [2.45, 2.75) is 26.2 Å². The third kappa shape index (κ3) is 4.87. The molecule has 0 unspecified atom stereocenters. The Balaban J connectivity index is 1.66. The van der Waals surface area contributed by atoms with Crippen LogP contribution in [0.2, 0.25) is 0 Å². The summed E-state index contributed by atoms with van der Waals surface area (Å²) in [6, 6.07) is 7.37. The molecule has 0 atom stereocenters. The number of benzene rings is 1. The second kappa shape index (κ2) is 7.59. The molecule has 0 aliphatic carbocycles. The number of hydrogen-bond donors (Lipinski definition) is 2. The highest BCUT2D eigenvalue weighted by Gasteiger charge is 2.19. The Kier molecular flexibility index (Phi) is 5.52. The fourth-order valence-electron chi connectivity index (χ4n) is 2.32. The highest BCUT2D eigenvalue weighted by Crippen LogP contribution is 2.09. The van der Waals surface area contributed by atoms with Gasteiger partial charge in [-0.3, -0.25) is 14.4 Å². The molecular formula is C16H21N3O3. The van der Waals surface area contributed by atoms with E-state index in [1.165, 1.54) is 0 Å². The maximum Gasteiger partial charge on any atom is 0.233 e. The molecule has 1 aromatic rings. The van der Waals surface area contributed by atoms with Crippen LogP contribution in [0, 0.1) is 6.92 Å². The molecule has 0 bridgehead atoms. The van der Waals surface area contributed by atoms with Gasteiger partial charge in [0, 0.05) is 31.7 Å². The Morgan fingerprint density at radius 1 is 1.18 bits per heavy atom. The summed E-state index contributed by atoms with van der Waals surface area (Å²) in [5.41, 5.74) is 1.78. The monoisotopic (exact) mass is 303 g/mol. The molecule has 0 spiro atoms. The third-order valence-corrected chi connectivity index (χ3v) is 3.53. The number of hydrogen-bond acceptors (Lipinski definition) is 3. The van der Waals surface area contributed by atoms with Crippen LogP contribution in [0.5, 0.6) is 0 Å². The van der Waals surface area contributed by atoms with Gasteiger partial charge >= 0.3 is 0 Å². The molecule has 2 rings (SSSR count). The molecule has 6 nitrogen and oxygen atoms in total. The number of nitrogens with zero attached hydrogens (tertiary/aromatic N) is 1. The van der Waals surface area contributed by atoms with Crippen molar-refractivity contribution >= 4 is 23.4 Å². The van der Waals surface area contributed by atoms with Gasteiger partial charge in [-0.05, 0) is 25.5 Å². The molecule has 1 fully saturated rings. The van der Waals surface area contributed by atoms with Crippen LogP contribution in [0.15, 0.2) is 24.3 Å². The van der Waals surface area contributed by atoms with Gasteiger partial charge in [-0.1, -0.05) is 17.7 Å². The van der Waals surface area contributed by atoms with E-state index >= 15 is 0 Å². The van der Waals surface area contributed by atoms with Crippen molar-refractivity contribution in [3.05, 3.63) is 29.8 Å². The van der Waals surface area contributed by atoms with E-state index in [4.69, 9.17) is 0 Å². The van der Waals surface area contributed by atoms with Crippen molar-refractivity contribution in [3.63, 3.8) is 0 Å². The fourth-order valence-corrected chi connectivity index (χ4v) is 2.32. The average Bonchev–Trinajstić information content (AvgIpc) is 2.87. The topological polar surface area (TPSA) is 78.5 Å². The van der Waals surface area contributed by atoms with Crippen LogP contribution in [-0.4, -0.2) is 42.3 Å². The lowest BCUT2D eigenvalue weighted by molar-refractivity contribution is -0.129. The maximum atomic E-state index is 11.7. The number of likely N-dealkylation sites (tertiary alicyclic amines) is 1. The molecule has 0 radical (unpaired) electrons. The van der Waals surface area contributed by atoms with Crippen LogP contribution in [0.4, 0.5) is 5.69 Å². The van der Waals surface area contributed by atoms with E-state index in [-0.39, 0.29) is 24.1 Å². The smallest absolute Gasteiger partial charge is 0.233 e. The fraction of sp³-hybridized carbons (Fsp3) is 0.438. The molecule has 3 amide bonds.